The number of nitrogens with one attached hydrogen (secondary N) is 3. The van der Waals surface area contributed by atoms with Crippen molar-refractivity contribution in [3.8, 4) is 11.1 Å². The predicted molar refractivity (Wildman–Crippen MR) is 115 cm³/mol. The first-order chi connectivity index (χ1) is 16.5. The molecule has 0 radical (unpaired) electrons. The lowest BCUT2D eigenvalue weighted by Gasteiger charge is -2.27. The van der Waals surface area contributed by atoms with Gasteiger partial charge in [0, 0.05) is 5.92 Å². The minimum atomic E-state index is -5.28. The van der Waals surface area contributed by atoms with Crippen LogP contribution in [-0.4, -0.2) is 56.6 Å². The second-order valence-electron chi connectivity index (χ2n) is 7.84. The zero-order chi connectivity index (χ0) is 25.4. The molecule has 1 heterocycles. The SMILES string of the molecule is CC(NC(=O)c1nc(NC(=O)OCC2c3ccccc3-c3ccccc32)n[nH]1)(C(=O)O)C(F)(F)F. The fourth-order valence-electron chi connectivity index (χ4n) is 3.68. The van der Waals surface area contributed by atoms with Gasteiger partial charge in [0.25, 0.3) is 11.9 Å². The van der Waals surface area contributed by atoms with Gasteiger partial charge in [-0.25, -0.2) is 9.59 Å². The number of hydrogen-bond donors (Lipinski definition) is 4. The number of aliphatic carboxylic acids is 1. The first-order valence-corrected chi connectivity index (χ1v) is 10.2. The summed E-state index contributed by atoms with van der Waals surface area (Å²) in [6.07, 6.45) is -6.24. The quantitative estimate of drug-likeness (QED) is 0.416. The van der Waals surface area contributed by atoms with E-state index >= 15 is 0 Å². The molecule has 1 atom stereocenters. The molecule has 2 aromatic carbocycles. The Kier molecular flexibility index (Phi) is 5.92. The number of H-pyrrole nitrogens is 1. The molecule has 0 spiro atoms. The van der Waals surface area contributed by atoms with Crippen LogP contribution in [-0.2, 0) is 9.53 Å². The Morgan fingerprint density at radius 1 is 1.06 bits per heavy atom. The van der Waals surface area contributed by atoms with Crippen LogP contribution in [0.5, 0.6) is 0 Å². The summed E-state index contributed by atoms with van der Waals surface area (Å²) in [4.78, 5) is 39.0. The standard InChI is InChI=1S/C22H18F3N5O5/c1-21(18(32)33,22(23,24)25)28-17(31)16-26-19(30-29-16)27-20(34)35-10-15-13-8-4-2-6-11(13)12-7-3-5-9-14(12)15/h2-9,15H,10H2,1H3,(H,28,31)(H,32,33)(H2,26,27,29,30,34). The molecule has 4 rings (SSSR count). The molecule has 35 heavy (non-hydrogen) atoms. The minimum Gasteiger partial charge on any atom is -0.479 e. The lowest BCUT2D eigenvalue weighted by atomic mass is 9.98. The summed E-state index contributed by atoms with van der Waals surface area (Å²) in [5.74, 6) is -5.19. The lowest BCUT2D eigenvalue weighted by molar-refractivity contribution is -0.203. The molecule has 0 aliphatic heterocycles. The summed E-state index contributed by atoms with van der Waals surface area (Å²) in [7, 11) is 0. The number of benzene rings is 2. The Labute approximate surface area is 195 Å². The molecule has 3 aromatic rings. The van der Waals surface area contributed by atoms with Gasteiger partial charge in [0.2, 0.25) is 11.4 Å². The molecule has 0 bridgehead atoms. The van der Waals surface area contributed by atoms with E-state index in [0.717, 1.165) is 22.3 Å². The van der Waals surface area contributed by atoms with Crippen LogP contribution in [0.3, 0.4) is 0 Å². The highest BCUT2D eigenvalue weighted by Gasteiger charge is 2.58. The number of ether oxygens (including phenoxy) is 1. The fraction of sp³-hybridized carbons (Fsp3) is 0.227. The second kappa shape index (κ2) is 8.74. The first-order valence-electron chi connectivity index (χ1n) is 10.2. The Balaban J connectivity index is 1.40. The summed E-state index contributed by atoms with van der Waals surface area (Å²) >= 11 is 0. The Hall–Kier alpha value is -4.42. The lowest BCUT2D eigenvalue weighted by Crippen LogP contribution is -2.62. The van der Waals surface area contributed by atoms with Crippen molar-refractivity contribution in [2.45, 2.75) is 24.6 Å². The minimum absolute atomic E-state index is 0.0137. The number of aromatic amines is 1. The molecule has 10 nitrogen and oxygen atoms in total. The van der Waals surface area contributed by atoms with Crippen molar-refractivity contribution in [1.82, 2.24) is 20.5 Å². The van der Waals surface area contributed by atoms with Gasteiger partial charge in [-0.15, -0.1) is 5.10 Å². The molecule has 2 amide bonds. The van der Waals surface area contributed by atoms with Crippen LogP contribution in [0.1, 0.15) is 34.6 Å². The highest BCUT2D eigenvalue weighted by Crippen LogP contribution is 2.44. The van der Waals surface area contributed by atoms with Crippen LogP contribution in [0.2, 0.25) is 0 Å². The molecule has 0 fully saturated rings. The number of rotatable bonds is 6. The number of amides is 2. The van der Waals surface area contributed by atoms with E-state index in [2.05, 4.69) is 15.4 Å². The molecule has 4 N–H and O–H groups in total. The van der Waals surface area contributed by atoms with Crippen molar-refractivity contribution in [1.29, 1.82) is 0 Å². The molecule has 1 aliphatic rings. The largest absolute Gasteiger partial charge is 0.479 e. The number of halogens is 3. The zero-order valence-electron chi connectivity index (χ0n) is 18.0. The van der Waals surface area contributed by atoms with Gasteiger partial charge in [-0.2, -0.15) is 18.2 Å². The summed E-state index contributed by atoms with van der Waals surface area (Å²) in [5.41, 5.74) is 0.494. The predicted octanol–water partition coefficient (Wildman–Crippen LogP) is 3.30. The zero-order valence-corrected chi connectivity index (χ0v) is 18.0. The van der Waals surface area contributed by atoms with Gasteiger partial charge >= 0.3 is 18.2 Å². The van der Waals surface area contributed by atoms with E-state index in [0.29, 0.717) is 6.92 Å². The molecule has 0 saturated carbocycles. The molecular weight excluding hydrogens is 471 g/mol. The highest BCUT2D eigenvalue weighted by atomic mass is 19.4. The van der Waals surface area contributed by atoms with Crippen LogP contribution in [0, 0.1) is 0 Å². The molecule has 13 heteroatoms. The van der Waals surface area contributed by atoms with Crippen molar-refractivity contribution in [3.05, 3.63) is 65.5 Å². The van der Waals surface area contributed by atoms with E-state index in [-0.39, 0.29) is 12.5 Å². The van der Waals surface area contributed by atoms with E-state index < -0.39 is 41.5 Å². The molecule has 1 aromatic heterocycles. The van der Waals surface area contributed by atoms with Crippen molar-refractivity contribution >= 4 is 23.9 Å². The molecule has 0 saturated heterocycles. The van der Waals surface area contributed by atoms with Crippen molar-refractivity contribution < 1.29 is 37.4 Å². The highest BCUT2D eigenvalue weighted by molar-refractivity contribution is 5.95. The van der Waals surface area contributed by atoms with E-state index in [1.165, 1.54) is 5.32 Å². The van der Waals surface area contributed by atoms with E-state index in [9.17, 15) is 27.6 Å². The molecule has 1 unspecified atom stereocenters. The third-order valence-electron chi connectivity index (χ3n) is 5.62. The first kappa shape index (κ1) is 23.7. The number of nitrogens with zero attached hydrogens (tertiary/aromatic N) is 2. The smallest absolute Gasteiger partial charge is 0.422 e. The number of hydrogen-bond acceptors (Lipinski definition) is 6. The van der Waals surface area contributed by atoms with Crippen LogP contribution < -0.4 is 10.6 Å². The monoisotopic (exact) mass is 489 g/mol. The average molecular weight is 489 g/mol. The summed E-state index contributed by atoms with van der Waals surface area (Å²) < 4.78 is 44.6. The summed E-state index contributed by atoms with van der Waals surface area (Å²) in [6.45, 7) is 0.277. The Morgan fingerprint density at radius 3 is 2.17 bits per heavy atom. The van der Waals surface area contributed by atoms with Crippen LogP contribution >= 0.6 is 0 Å². The van der Waals surface area contributed by atoms with Crippen LogP contribution in [0.15, 0.2) is 48.5 Å². The van der Waals surface area contributed by atoms with Gasteiger partial charge in [0.05, 0.1) is 0 Å². The van der Waals surface area contributed by atoms with Gasteiger partial charge in [0.1, 0.15) is 6.61 Å². The van der Waals surface area contributed by atoms with Gasteiger partial charge < -0.3 is 15.2 Å². The van der Waals surface area contributed by atoms with Crippen LogP contribution in [0.4, 0.5) is 23.9 Å². The van der Waals surface area contributed by atoms with Crippen molar-refractivity contribution in [2.75, 3.05) is 11.9 Å². The number of fused-ring (bicyclic) bond motifs is 3. The topological polar surface area (TPSA) is 146 Å². The number of carboxylic acids is 1. The number of alkyl halides is 3. The number of carbonyl (C=O) groups is 3. The number of aromatic nitrogens is 3. The second-order valence-corrected chi connectivity index (χ2v) is 7.84. The molecule has 182 valence electrons. The number of anilines is 1. The molecule has 1 aliphatic carbocycles. The Morgan fingerprint density at radius 2 is 1.63 bits per heavy atom. The maximum Gasteiger partial charge on any atom is 0.422 e. The van der Waals surface area contributed by atoms with Gasteiger partial charge in [-0.1, -0.05) is 48.5 Å². The summed E-state index contributed by atoms with van der Waals surface area (Å²) in [5, 5.41) is 18.0. The van der Waals surface area contributed by atoms with Crippen LogP contribution in [0.25, 0.3) is 11.1 Å². The van der Waals surface area contributed by atoms with Crippen molar-refractivity contribution in [2.24, 2.45) is 0 Å². The van der Waals surface area contributed by atoms with Gasteiger partial charge in [-0.3, -0.25) is 15.2 Å². The Bertz CT molecular complexity index is 1260. The summed E-state index contributed by atoms with van der Waals surface area (Å²) in [6, 6.07) is 15.4. The maximum atomic E-state index is 13.1. The van der Waals surface area contributed by atoms with E-state index in [4.69, 9.17) is 9.84 Å². The third kappa shape index (κ3) is 4.39. The normalized spacial score (nSPS) is 14.4. The maximum absolute atomic E-state index is 13.1. The third-order valence-corrected chi connectivity index (χ3v) is 5.62. The average Bonchev–Trinajstić information content (AvgIpc) is 3.39. The van der Waals surface area contributed by atoms with Gasteiger partial charge in [-0.05, 0) is 29.2 Å². The van der Waals surface area contributed by atoms with Crippen molar-refractivity contribution in [3.63, 3.8) is 0 Å². The number of carbonyl (C=O) groups excluding carboxylic acids is 2. The van der Waals surface area contributed by atoms with E-state index in [1.54, 1.807) is 0 Å². The van der Waals surface area contributed by atoms with E-state index in [1.807, 2.05) is 53.6 Å². The number of carboxylic acid groups (broad SMARTS) is 1. The molecular formula is C22H18F3N5O5. The van der Waals surface area contributed by atoms with Gasteiger partial charge in [0.15, 0.2) is 0 Å². The fourth-order valence-corrected chi connectivity index (χ4v) is 3.68.